The van der Waals surface area contributed by atoms with Crippen molar-refractivity contribution >= 4 is 24.5 Å². The van der Waals surface area contributed by atoms with Crippen LogP contribution in [0.5, 0.6) is 0 Å². The van der Waals surface area contributed by atoms with Crippen molar-refractivity contribution in [3.05, 3.63) is 29.5 Å². The van der Waals surface area contributed by atoms with Crippen LogP contribution < -0.4 is 5.73 Å². The van der Waals surface area contributed by atoms with E-state index >= 15 is 0 Å². The van der Waals surface area contributed by atoms with E-state index in [2.05, 4.69) is 17.6 Å². The van der Waals surface area contributed by atoms with Gasteiger partial charge in [-0.2, -0.15) is 12.6 Å². The van der Waals surface area contributed by atoms with Crippen molar-refractivity contribution in [2.24, 2.45) is 0 Å². The third-order valence-electron chi connectivity index (χ3n) is 1.40. The summed E-state index contributed by atoms with van der Waals surface area (Å²) in [6.07, 6.45) is 3.85. The van der Waals surface area contributed by atoms with Gasteiger partial charge in [0, 0.05) is 5.75 Å². The molecule has 2 N–H and O–H groups in total. The molecule has 12 heavy (non-hydrogen) atoms. The fourth-order valence-corrected chi connectivity index (χ4v) is 1.09. The van der Waals surface area contributed by atoms with Crippen molar-refractivity contribution in [3.8, 4) is 0 Å². The second-order valence-electron chi connectivity index (χ2n) is 2.58. The van der Waals surface area contributed by atoms with Crippen LogP contribution in [0.3, 0.4) is 0 Å². The quantitative estimate of drug-likeness (QED) is 0.682. The van der Waals surface area contributed by atoms with Crippen molar-refractivity contribution < 1.29 is 0 Å². The minimum Gasteiger partial charge on any atom is -0.384 e. The predicted molar refractivity (Wildman–Crippen MR) is 56.3 cm³/mol. The Hall–Kier alpha value is -0.960. The average Bonchev–Trinajstić information content (AvgIpc) is 1.99. The maximum absolute atomic E-state index is 5.57. The van der Waals surface area contributed by atoms with Crippen molar-refractivity contribution in [2.45, 2.75) is 6.92 Å². The van der Waals surface area contributed by atoms with Gasteiger partial charge in [-0.3, -0.25) is 0 Å². The van der Waals surface area contributed by atoms with Gasteiger partial charge in [-0.1, -0.05) is 6.08 Å². The Balaban J connectivity index is 2.93. The highest BCUT2D eigenvalue weighted by Gasteiger charge is 1.92. The molecule has 0 unspecified atom stereocenters. The zero-order valence-electron chi connectivity index (χ0n) is 6.99. The molecular weight excluding hydrogens is 168 g/mol. The molecule has 2 nitrogen and oxygen atoms in total. The molecule has 0 spiro atoms. The van der Waals surface area contributed by atoms with E-state index in [0.29, 0.717) is 5.82 Å². The molecule has 0 amide bonds. The first-order valence-corrected chi connectivity index (χ1v) is 4.37. The van der Waals surface area contributed by atoms with E-state index in [0.717, 1.165) is 17.0 Å². The number of nitrogen functional groups attached to an aromatic ring is 1. The third-order valence-corrected chi connectivity index (χ3v) is 1.61. The number of aryl methyl sites for hydroxylation is 1. The van der Waals surface area contributed by atoms with Crippen LogP contribution in [-0.2, 0) is 0 Å². The van der Waals surface area contributed by atoms with Crippen LogP contribution in [-0.4, -0.2) is 10.7 Å². The molecule has 1 aromatic rings. The molecule has 3 heteroatoms. The van der Waals surface area contributed by atoms with Gasteiger partial charge in [-0.05, 0) is 30.7 Å². The Kier molecular flexibility index (Phi) is 3.17. The Bertz CT molecular complexity index is 274. The summed E-state index contributed by atoms with van der Waals surface area (Å²) in [5.74, 6) is 1.28. The summed E-state index contributed by atoms with van der Waals surface area (Å²) in [6, 6.07) is 3.83. The smallest absolute Gasteiger partial charge is 0.124 e. The Morgan fingerprint density at radius 1 is 1.58 bits per heavy atom. The van der Waals surface area contributed by atoms with Gasteiger partial charge in [0.15, 0.2) is 0 Å². The van der Waals surface area contributed by atoms with Gasteiger partial charge < -0.3 is 5.73 Å². The second kappa shape index (κ2) is 4.16. The number of hydrogen-bond donors (Lipinski definition) is 2. The highest BCUT2D eigenvalue weighted by molar-refractivity contribution is 7.80. The van der Waals surface area contributed by atoms with E-state index in [-0.39, 0.29) is 0 Å². The van der Waals surface area contributed by atoms with E-state index in [9.17, 15) is 0 Å². The van der Waals surface area contributed by atoms with Crippen molar-refractivity contribution in [2.75, 3.05) is 11.5 Å². The maximum Gasteiger partial charge on any atom is 0.124 e. The van der Waals surface area contributed by atoms with Crippen molar-refractivity contribution in [1.29, 1.82) is 0 Å². The molecule has 0 fully saturated rings. The first-order chi connectivity index (χ1) is 5.72. The van der Waals surface area contributed by atoms with E-state index in [4.69, 9.17) is 5.73 Å². The predicted octanol–water partition coefficient (Wildman–Crippen LogP) is 1.92. The van der Waals surface area contributed by atoms with Gasteiger partial charge in [-0.25, -0.2) is 4.98 Å². The Morgan fingerprint density at radius 3 is 2.92 bits per heavy atom. The van der Waals surface area contributed by atoms with E-state index in [1.54, 1.807) is 0 Å². The average molecular weight is 180 g/mol. The molecule has 64 valence electrons. The first-order valence-electron chi connectivity index (χ1n) is 3.74. The maximum atomic E-state index is 5.57. The van der Waals surface area contributed by atoms with Gasteiger partial charge in [0.25, 0.3) is 0 Å². The number of rotatable bonds is 2. The zero-order valence-corrected chi connectivity index (χ0v) is 7.88. The Morgan fingerprint density at radius 2 is 2.33 bits per heavy atom. The van der Waals surface area contributed by atoms with E-state index in [1.807, 2.05) is 31.2 Å². The summed E-state index contributed by atoms with van der Waals surface area (Å²) in [6.45, 7) is 2.00. The van der Waals surface area contributed by atoms with Crippen molar-refractivity contribution in [3.63, 3.8) is 0 Å². The lowest BCUT2D eigenvalue weighted by atomic mass is 10.2. The van der Waals surface area contributed by atoms with Gasteiger partial charge in [0.05, 0.1) is 5.69 Å². The van der Waals surface area contributed by atoms with Crippen LogP contribution in [0.1, 0.15) is 11.3 Å². The standard InChI is InChI=1S/C9H12N2S/c1-7-5-8(3-2-4-12)11-9(10)6-7/h2-3,5-6,12H,4H2,1H3,(H2,10,11). The number of pyridine rings is 1. The van der Waals surface area contributed by atoms with Crippen molar-refractivity contribution in [1.82, 2.24) is 4.98 Å². The summed E-state index contributed by atoms with van der Waals surface area (Å²) in [5, 5.41) is 0. The fraction of sp³-hybridized carbons (Fsp3) is 0.222. The monoisotopic (exact) mass is 180 g/mol. The normalized spacial score (nSPS) is 10.8. The first kappa shape index (κ1) is 9.13. The summed E-state index contributed by atoms with van der Waals surface area (Å²) < 4.78 is 0. The lowest BCUT2D eigenvalue weighted by Crippen LogP contribution is -1.92. The number of nitrogens with zero attached hydrogens (tertiary/aromatic N) is 1. The summed E-state index contributed by atoms with van der Waals surface area (Å²) in [5.41, 5.74) is 7.58. The SMILES string of the molecule is Cc1cc(N)nc(C=CCS)c1. The van der Waals surface area contributed by atoms with Crippen LogP contribution in [0.4, 0.5) is 5.82 Å². The number of aromatic nitrogens is 1. The van der Waals surface area contributed by atoms with Crippen LogP contribution in [0, 0.1) is 6.92 Å². The molecule has 0 aromatic carbocycles. The minimum absolute atomic E-state index is 0.564. The lowest BCUT2D eigenvalue weighted by molar-refractivity contribution is 1.27. The van der Waals surface area contributed by atoms with Crippen LogP contribution in [0.25, 0.3) is 6.08 Å². The van der Waals surface area contributed by atoms with Gasteiger partial charge in [0.2, 0.25) is 0 Å². The molecule has 0 saturated carbocycles. The molecule has 0 aliphatic carbocycles. The largest absolute Gasteiger partial charge is 0.384 e. The van der Waals surface area contributed by atoms with Gasteiger partial charge >= 0.3 is 0 Å². The molecule has 0 aliphatic rings. The molecular formula is C9H12N2S. The summed E-state index contributed by atoms with van der Waals surface area (Å²) in [4.78, 5) is 4.13. The van der Waals surface area contributed by atoms with Gasteiger partial charge in [0.1, 0.15) is 5.82 Å². The summed E-state index contributed by atoms with van der Waals surface area (Å²) in [7, 11) is 0. The van der Waals surface area contributed by atoms with Crippen LogP contribution in [0.15, 0.2) is 18.2 Å². The van der Waals surface area contributed by atoms with E-state index < -0.39 is 0 Å². The molecule has 0 saturated heterocycles. The zero-order chi connectivity index (χ0) is 8.97. The number of anilines is 1. The Labute approximate surface area is 77.9 Å². The third kappa shape index (κ3) is 2.58. The van der Waals surface area contributed by atoms with E-state index in [1.165, 1.54) is 0 Å². The second-order valence-corrected chi connectivity index (χ2v) is 2.94. The van der Waals surface area contributed by atoms with Gasteiger partial charge in [-0.15, -0.1) is 0 Å². The van der Waals surface area contributed by atoms with Crippen LogP contribution in [0.2, 0.25) is 0 Å². The fourth-order valence-electron chi connectivity index (χ4n) is 0.981. The highest BCUT2D eigenvalue weighted by Crippen LogP contribution is 2.07. The number of nitrogens with two attached hydrogens (primary N) is 1. The van der Waals surface area contributed by atoms with Crippen LogP contribution >= 0.6 is 12.6 Å². The number of thiol groups is 1. The molecule has 0 aliphatic heterocycles. The molecule has 1 rings (SSSR count). The molecule has 1 heterocycles. The molecule has 1 aromatic heterocycles. The molecule has 0 radical (unpaired) electrons. The number of hydrogen-bond acceptors (Lipinski definition) is 3. The summed E-state index contributed by atoms with van der Waals surface area (Å²) >= 11 is 4.06. The minimum atomic E-state index is 0.564. The highest BCUT2D eigenvalue weighted by atomic mass is 32.1. The topological polar surface area (TPSA) is 38.9 Å². The molecule has 0 bridgehead atoms. The lowest BCUT2D eigenvalue weighted by Gasteiger charge is -1.97. The molecule has 0 atom stereocenters.